The number of methoxy groups -OCH3 is 1. The second kappa shape index (κ2) is 8.24. The molecule has 2 aromatic heterocycles. The Labute approximate surface area is 157 Å². The first-order chi connectivity index (χ1) is 12.6. The number of nitrogens with zero attached hydrogens (tertiary/aromatic N) is 4. The number of hydrogen-bond acceptors (Lipinski definition) is 4. The molecular formula is C17H17BrFN5O2. The number of nitrogens with one attached hydrogen (secondary N) is 1. The zero-order valence-corrected chi connectivity index (χ0v) is 15.6. The Morgan fingerprint density at radius 1 is 1.35 bits per heavy atom. The monoisotopic (exact) mass is 421 g/mol. The molecular weight excluding hydrogens is 405 g/mol. The summed E-state index contributed by atoms with van der Waals surface area (Å²) in [6, 6.07) is 8.11. The van der Waals surface area contributed by atoms with Gasteiger partial charge in [-0.2, -0.15) is 10.2 Å². The summed E-state index contributed by atoms with van der Waals surface area (Å²) in [6.07, 6.45) is 3.24. The summed E-state index contributed by atoms with van der Waals surface area (Å²) in [5, 5.41) is 11.1. The minimum atomic E-state index is -0.338. The van der Waals surface area contributed by atoms with E-state index in [1.807, 2.05) is 0 Å². The van der Waals surface area contributed by atoms with E-state index in [0.717, 1.165) is 0 Å². The molecule has 0 saturated heterocycles. The van der Waals surface area contributed by atoms with Crippen LogP contribution < -0.4 is 5.32 Å². The highest BCUT2D eigenvalue weighted by molar-refractivity contribution is 9.10. The van der Waals surface area contributed by atoms with Crippen LogP contribution in [-0.2, 0) is 17.8 Å². The number of carbonyl (C=O) groups excluding carboxylic acids is 1. The van der Waals surface area contributed by atoms with Crippen LogP contribution in [-0.4, -0.2) is 39.2 Å². The molecule has 0 radical (unpaired) electrons. The lowest BCUT2D eigenvalue weighted by atomic mass is 10.2. The second-order valence-corrected chi connectivity index (χ2v) is 6.36. The molecule has 0 saturated carbocycles. The van der Waals surface area contributed by atoms with Gasteiger partial charge in [-0.1, -0.05) is 18.2 Å². The van der Waals surface area contributed by atoms with Crippen molar-refractivity contribution in [2.75, 3.05) is 19.0 Å². The van der Waals surface area contributed by atoms with Gasteiger partial charge in [0.25, 0.3) is 5.91 Å². The van der Waals surface area contributed by atoms with Crippen LogP contribution in [0.4, 0.5) is 10.2 Å². The van der Waals surface area contributed by atoms with Crippen LogP contribution >= 0.6 is 15.9 Å². The van der Waals surface area contributed by atoms with Crippen molar-refractivity contribution in [3.05, 3.63) is 64.3 Å². The average molecular weight is 422 g/mol. The number of benzene rings is 1. The molecule has 0 bridgehead atoms. The molecule has 3 aromatic rings. The number of halogens is 2. The van der Waals surface area contributed by atoms with Crippen LogP contribution in [0.2, 0.25) is 0 Å². The predicted molar refractivity (Wildman–Crippen MR) is 97.5 cm³/mol. The summed E-state index contributed by atoms with van der Waals surface area (Å²) in [5.74, 6) is -0.284. The number of aromatic nitrogens is 4. The fourth-order valence-corrected chi connectivity index (χ4v) is 2.83. The lowest BCUT2D eigenvalue weighted by molar-refractivity contribution is 0.101. The minimum Gasteiger partial charge on any atom is -0.383 e. The first-order valence-electron chi connectivity index (χ1n) is 7.87. The lowest BCUT2D eigenvalue weighted by Gasteiger charge is -2.07. The zero-order valence-electron chi connectivity index (χ0n) is 14.0. The molecule has 0 aliphatic heterocycles. The number of amides is 1. The summed E-state index contributed by atoms with van der Waals surface area (Å²) < 4.78 is 22.5. The maximum absolute atomic E-state index is 13.8. The van der Waals surface area contributed by atoms with Crippen molar-refractivity contribution in [2.24, 2.45) is 0 Å². The molecule has 3 rings (SSSR count). The Morgan fingerprint density at radius 2 is 2.15 bits per heavy atom. The molecule has 0 fully saturated rings. The van der Waals surface area contributed by atoms with E-state index in [4.69, 9.17) is 4.74 Å². The van der Waals surface area contributed by atoms with Crippen LogP contribution in [0.15, 0.2) is 47.2 Å². The van der Waals surface area contributed by atoms with Gasteiger partial charge in [0.15, 0.2) is 5.82 Å². The van der Waals surface area contributed by atoms with Crippen LogP contribution in [0.25, 0.3) is 0 Å². The van der Waals surface area contributed by atoms with E-state index < -0.39 is 0 Å². The summed E-state index contributed by atoms with van der Waals surface area (Å²) in [5.41, 5.74) is 0.913. The smallest absolute Gasteiger partial charge is 0.275 e. The van der Waals surface area contributed by atoms with E-state index in [-0.39, 0.29) is 18.3 Å². The number of hydrogen-bond donors (Lipinski definition) is 1. The molecule has 0 atom stereocenters. The highest BCUT2D eigenvalue weighted by Gasteiger charge is 2.16. The fraction of sp³-hybridized carbons (Fsp3) is 0.235. The molecule has 0 spiro atoms. The van der Waals surface area contributed by atoms with Crippen LogP contribution in [0.3, 0.4) is 0 Å². The van der Waals surface area contributed by atoms with Crippen molar-refractivity contribution in [3.8, 4) is 0 Å². The van der Waals surface area contributed by atoms with E-state index >= 15 is 0 Å². The van der Waals surface area contributed by atoms with E-state index in [9.17, 15) is 9.18 Å². The van der Waals surface area contributed by atoms with Gasteiger partial charge in [-0.15, -0.1) is 0 Å². The summed E-state index contributed by atoms with van der Waals surface area (Å²) in [6.45, 7) is 1.17. The average Bonchev–Trinajstić information content (AvgIpc) is 3.22. The molecule has 1 N–H and O–H groups in total. The lowest BCUT2D eigenvalue weighted by Crippen LogP contribution is -2.20. The first kappa shape index (κ1) is 18.3. The highest BCUT2D eigenvalue weighted by atomic mass is 79.9. The Balaban J connectivity index is 1.73. The van der Waals surface area contributed by atoms with Crippen molar-refractivity contribution < 1.29 is 13.9 Å². The number of rotatable bonds is 7. The van der Waals surface area contributed by atoms with Crippen LogP contribution in [0, 0.1) is 5.82 Å². The largest absolute Gasteiger partial charge is 0.383 e. The summed E-state index contributed by atoms with van der Waals surface area (Å²) in [4.78, 5) is 12.5. The molecule has 0 unspecified atom stereocenters. The summed E-state index contributed by atoms with van der Waals surface area (Å²) in [7, 11) is 1.59. The number of ether oxygens (including phenoxy) is 1. The molecule has 9 heteroatoms. The van der Waals surface area contributed by atoms with Gasteiger partial charge < -0.3 is 10.1 Å². The predicted octanol–water partition coefficient (Wildman–Crippen LogP) is 2.93. The third kappa shape index (κ3) is 4.17. The van der Waals surface area contributed by atoms with Crippen molar-refractivity contribution >= 4 is 27.7 Å². The van der Waals surface area contributed by atoms with Gasteiger partial charge in [0.05, 0.1) is 24.2 Å². The standard InChI is InChI=1S/C17H17BrFN5O2/c1-26-9-8-24-15(6-7-20-24)17(25)21-16-13(18)11-23(22-16)10-12-4-2-3-5-14(12)19/h2-7,11H,8-10H2,1H3,(H,21,22,25). The maximum atomic E-state index is 13.8. The fourth-order valence-electron chi connectivity index (χ4n) is 2.42. The third-order valence-corrected chi connectivity index (χ3v) is 4.28. The Bertz CT molecular complexity index is 908. The Morgan fingerprint density at radius 3 is 2.92 bits per heavy atom. The van der Waals surface area contributed by atoms with Gasteiger partial charge >= 0.3 is 0 Å². The highest BCUT2D eigenvalue weighted by Crippen LogP contribution is 2.22. The van der Waals surface area contributed by atoms with E-state index in [1.165, 1.54) is 6.07 Å². The SMILES string of the molecule is COCCn1nccc1C(=O)Nc1nn(Cc2ccccc2F)cc1Br. The van der Waals surface area contributed by atoms with E-state index in [2.05, 4.69) is 31.4 Å². The summed E-state index contributed by atoms with van der Waals surface area (Å²) >= 11 is 3.37. The van der Waals surface area contributed by atoms with Crippen LogP contribution in [0.5, 0.6) is 0 Å². The number of anilines is 1. The quantitative estimate of drug-likeness (QED) is 0.636. The maximum Gasteiger partial charge on any atom is 0.275 e. The van der Waals surface area contributed by atoms with Gasteiger partial charge in [-0.3, -0.25) is 14.2 Å². The Hall–Kier alpha value is -2.52. The molecule has 136 valence electrons. The zero-order chi connectivity index (χ0) is 18.5. The van der Waals surface area contributed by atoms with E-state index in [1.54, 1.807) is 53.1 Å². The van der Waals surface area contributed by atoms with Gasteiger partial charge in [0, 0.05) is 25.1 Å². The van der Waals surface area contributed by atoms with Gasteiger partial charge in [-0.25, -0.2) is 4.39 Å². The van der Waals surface area contributed by atoms with Crippen molar-refractivity contribution in [1.82, 2.24) is 19.6 Å². The van der Waals surface area contributed by atoms with Crippen molar-refractivity contribution in [1.29, 1.82) is 0 Å². The third-order valence-electron chi connectivity index (χ3n) is 3.70. The Kier molecular flexibility index (Phi) is 5.79. The second-order valence-electron chi connectivity index (χ2n) is 5.50. The van der Waals surface area contributed by atoms with Crippen molar-refractivity contribution in [3.63, 3.8) is 0 Å². The van der Waals surface area contributed by atoms with Gasteiger partial charge in [0.1, 0.15) is 11.5 Å². The molecule has 7 nitrogen and oxygen atoms in total. The molecule has 26 heavy (non-hydrogen) atoms. The van der Waals surface area contributed by atoms with Crippen molar-refractivity contribution in [2.45, 2.75) is 13.1 Å². The molecule has 2 heterocycles. The van der Waals surface area contributed by atoms with Gasteiger partial charge in [-0.05, 0) is 28.1 Å². The van der Waals surface area contributed by atoms with Crippen LogP contribution in [0.1, 0.15) is 16.1 Å². The van der Waals surface area contributed by atoms with E-state index in [0.29, 0.717) is 34.7 Å². The molecule has 1 aromatic carbocycles. The molecule has 0 aliphatic carbocycles. The molecule has 0 aliphatic rings. The normalized spacial score (nSPS) is 10.9. The first-order valence-corrected chi connectivity index (χ1v) is 8.66. The molecule has 1 amide bonds. The van der Waals surface area contributed by atoms with Gasteiger partial charge in [0.2, 0.25) is 0 Å². The number of carbonyl (C=O) groups is 1. The topological polar surface area (TPSA) is 74.0 Å². The minimum absolute atomic E-state index is 0.257.